The largest absolute Gasteiger partial charge is 0.477 e. The summed E-state index contributed by atoms with van der Waals surface area (Å²) in [5.74, 6) is -0.954. The molecule has 1 amide bonds. The van der Waals surface area contributed by atoms with Gasteiger partial charge in [-0.3, -0.25) is 9.89 Å². The zero-order chi connectivity index (χ0) is 14.8. The third-order valence-corrected chi connectivity index (χ3v) is 3.89. The molecule has 0 atom stereocenters. The molecule has 0 radical (unpaired) electrons. The number of hydrogen-bond donors (Lipinski definition) is 2. The monoisotopic (exact) mass is 288 g/mol. The van der Waals surface area contributed by atoms with Crippen LogP contribution in [0, 0.1) is 0 Å². The summed E-state index contributed by atoms with van der Waals surface area (Å²) in [5, 5.41) is 15.6. The van der Waals surface area contributed by atoms with Gasteiger partial charge in [0.15, 0.2) is 0 Å². The van der Waals surface area contributed by atoms with Crippen LogP contribution >= 0.6 is 0 Å². The quantitative estimate of drug-likeness (QED) is 0.892. The molecule has 1 saturated heterocycles. The van der Waals surface area contributed by atoms with Crippen LogP contribution in [-0.2, 0) is 0 Å². The van der Waals surface area contributed by atoms with Gasteiger partial charge in [-0.15, -0.1) is 0 Å². The molecule has 1 fully saturated rings. The summed E-state index contributed by atoms with van der Waals surface area (Å²) < 4.78 is 1.79. The normalized spacial score (nSPS) is 16.1. The Hall–Kier alpha value is -2.57. The minimum absolute atomic E-state index is 0.0341. The lowest BCUT2D eigenvalue weighted by Gasteiger charge is -2.33. The molecule has 0 aromatic carbocycles. The maximum absolute atomic E-state index is 12.2. The number of aromatic carboxylic acids is 1. The van der Waals surface area contributed by atoms with Crippen molar-refractivity contribution in [2.24, 2.45) is 0 Å². The van der Waals surface area contributed by atoms with Crippen LogP contribution in [-0.4, -0.2) is 49.7 Å². The molecule has 2 aromatic heterocycles. The van der Waals surface area contributed by atoms with E-state index in [1.54, 1.807) is 34.0 Å². The number of nitrogens with one attached hydrogen (secondary N) is 1. The van der Waals surface area contributed by atoms with E-state index < -0.39 is 5.97 Å². The molecule has 3 heterocycles. The third-order valence-electron chi connectivity index (χ3n) is 3.89. The molecule has 21 heavy (non-hydrogen) atoms. The van der Waals surface area contributed by atoms with Gasteiger partial charge in [0.2, 0.25) is 0 Å². The molecule has 0 spiro atoms. The molecule has 7 nitrogen and oxygen atoms in total. The van der Waals surface area contributed by atoms with Crippen molar-refractivity contribution in [3.63, 3.8) is 0 Å². The second kappa shape index (κ2) is 5.43. The topological polar surface area (TPSA) is 91.2 Å². The summed E-state index contributed by atoms with van der Waals surface area (Å²) in [6.45, 7) is 1.23. The number of carbonyl (C=O) groups is 2. The fraction of sp³-hybridized carbons (Fsp3) is 0.357. The van der Waals surface area contributed by atoms with Gasteiger partial charge >= 0.3 is 5.97 Å². The molecule has 0 aliphatic carbocycles. The second-order valence-electron chi connectivity index (χ2n) is 5.12. The average molecular weight is 288 g/mol. The minimum atomic E-state index is -0.920. The fourth-order valence-electron chi connectivity index (χ4n) is 2.79. The van der Waals surface area contributed by atoms with Crippen molar-refractivity contribution >= 4 is 11.9 Å². The van der Waals surface area contributed by atoms with E-state index in [0.29, 0.717) is 24.3 Å². The first-order chi connectivity index (χ1) is 10.2. The Bertz CT molecular complexity index is 639. The highest BCUT2D eigenvalue weighted by Crippen LogP contribution is 2.25. The molecule has 1 aliphatic heterocycles. The number of nitrogens with zero attached hydrogens (tertiary/aromatic N) is 3. The van der Waals surface area contributed by atoms with Crippen LogP contribution in [0.4, 0.5) is 0 Å². The number of likely N-dealkylation sites (tertiary alicyclic amines) is 1. The Morgan fingerprint density at radius 3 is 2.71 bits per heavy atom. The Kier molecular flexibility index (Phi) is 3.47. The van der Waals surface area contributed by atoms with Crippen LogP contribution in [0.2, 0.25) is 0 Å². The highest BCUT2D eigenvalue weighted by molar-refractivity contribution is 5.93. The van der Waals surface area contributed by atoms with Crippen LogP contribution in [0.15, 0.2) is 30.7 Å². The molecule has 0 saturated carbocycles. The number of rotatable bonds is 3. The van der Waals surface area contributed by atoms with E-state index in [1.807, 2.05) is 0 Å². The van der Waals surface area contributed by atoms with Crippen LogP contribution < -0.4 is 0 Å². The smallest absolute Gasteiger partial charge is 0.352 e. The zero-order valence-electron chi connectivity index (χ0n) is 11.4. The van der Waals surface area contributed by atoms with E-state index in [4.69, 9.17) is 5.11 Å². The summed E-state index contributed by atoms with van der Waals surface area (Å²) >= 11 is 0. The lowest BCUT2D eigenvalue weighted by Crippen LogP contribution is -2.39. The van der Waals surface area contributed by atoms with Gasteiger partial charge in [0, 0.05) is 31.5 Å². The van der Waals surface area contributed by atoms with Crippen molar-refractivity contribution in [1.29, 1.82) is 0 Å². The number of H-pyrrole nitrogens is 1. The van der Waals surface area contributed by atoms with E-state index in [0.717, 1.165) is 12.8 Å². The van der Waals surface area contributed by atoms with Crippen LogP contribution in [0.5, 0.6) is 0 Å². The Morgan fingerprint density at radius 1 is 1.33 bits per heavy atom. The number of carbonyl (C=O) groups excluding carboxylic acids is 1. The molecule has 0 unspecified atom stereocenters. The predicted octanol–water partition coefficient (Wildman–Crippen LogP) is 1.39. The molecule has 110 valence electrons. The minimum Gasteiger partial charge on any atom is -0.477 e. The van der Waals surface area contributed by atoms with E-state index in [1.165, 1.54) is 6.20 Å². The summed E-state index contributed by atoms with van der Waals surface area (Å²) in [4.78, 5) is 25.1. The molecule has 2 N–H and O–H groups in total. The number of piperidine rings is 1. The molecular formula is C14H16N4O3. The van der Waals surface area contributed by atoms with E-state index in [2.05, 4.69) is 10.2 Å². The standard InChI is InChI=1S/C14H16N4O3/c19-13(10-8-15-16-9-10)17-6-3-11(4-7-17)18-5-1-2-12(18)14(20)21/h1-2,5,8-9,11H,3-4,6-7H2,(H,15,16)(H,20,21). The van der Waals surface area contributed by atoms with Crippen LogP contribution in [0.3, 0.4) is 0 Å². The maximum atomic E-state index is 12.2. The molecule has 0 bridgehead atoms. The fourth-order valence-corrected chi connectivity index (χ4v) is 2.79. The van der Waals surface area contributed by atoms with Gasteiger partial charge in [-0.2, -0.15) is 5.10 Å². The summed E-state index contributed by atoms with van der Waals surface area (Å²) in [6.07, 6.45) is 6.39. The number of carboxylic acid groups (broad SMARTS) is 1. The van der Waals surface area contributed by atoms with Crippen molar-refractivity contribution in [2.45, 2.75) is 18.9 Å². The van der Waals surface area contributed by atoms with E-state index >= 15 is 0 Å². The van der Waals surface area contributed by atoms with Crippen molar-refractivity contribution < 1.29 is 14.7 Å². The van der Waals surface area contributed by atoms with Gasteiger partial charge in [-0.1, -0.05) is 0 Å². The first-order valence-corrected chi connectivity index (χ1v) is 6.85. The van der Waals surface area contributed by atoms with Gasteiger partial charge in [-0.05, 0) is 25.0 Å². The van der Waals surface area contributed by atoms with Crippen molar-refractivity contribution in [2.75, 3.05) is 13.1 Å². The number of hydrogen-bond acceptors (Lipinski definition) is 3. The SMILES string of the molecule is O=C(O)c1cccn1C1CCN(C(=O)c2cn[nH]c2)CC1. The van der Waals surface area contributed by atoms with Gasteiger partial charge in [0.25, 0.3) is 5.91 Å². The van der Waals surface area contributed by atoms with Gasteiger partial charge < -0.3 is 14.6 Å². The van der Waals surface area contributed by atoms with E-state index in [9.17, 15) is 9.59 Å². The number of aromatic amines is 1. The van der Waals surface area contributed by atoms with E-state index in [-0.39, 0.29) is 11.9 Å². The van der Waals surface area contributed by atoms with Crippen molar-refractivity contribution in [3.05, 3.63) is 42.0 Å². The molecule has 2 aromatic rings. The lowest BCUT2D eigenvalue weighted by atomic mass is 10.0. The molecule has 3 rings (SSSR count). The summed E-state index contributed by atoms with van der Waals surface area (Å²) in [5.41, 5.74) is 0.857. The Labute approximate surface area is 121 Å². The first kappa shape index (κ1) is 13.4. The van der Waals surface area contributed by atoms with Crippen LogP contribution in [0.1, 0.15) is 39.7 Å². The highest BCUT2D eigenvalue weighted by atomic mass is 16.4. The number of aromatic nitrogens is 3. The Morgan fingerprint density at radius 2 is 2.10 bits per heavy atom. The van der Waals surface area contributed by atoms with Crippen molar-refractivity contribution in [1.82, 2.24) is 19.7 Å². The third kappa shape index (κ3) is 2.54. The van der Waals surface area contributed by atoms with Crippen molar-refractivity contribution in [3.8, 4) is 0 Å². The number of carboxylic acids is 1. The molecular weight excluding hydrogens is 272 g/mol. The number of amides is 1. The zero-order valence-corrected chi connectivity index (χ0v) is 11.4. The van der Waals surface area contributed by atoms with Gasteiger partial charge in [0.1, 0.15) is 5.69 Å². The summed E-state index contributed by atoms with van der Waals surface area (Å²) in [6, 6.07) is 3.47. The maximum Gasteiger partial charge on any atom is 0.352 e. The predicted molar refractivity (Wildman–Crippen MR) is 74.2 cm³/mol. The summed E-state index contributed by atoms with van der Waals surface area (Å²) in [7, 11) is 0. The Balaban J connectivity index is 1.66. The molecule has 1 aliphatic rings. The van der Waals surface area contributed by atoms with Gasteiger partial charge in [0.05, 0.1) is 11.8 Å². The highest BCUT2D eigenvalue weighted by Gasteiger charge is 2.26. The van der Waals surface area contributed by atoms with Crippen LogP contribution in [0.25, 0.3) is 0 Å². The average Bonchev–Trinajstić information content (AvgIpc) is 3.18. The first-order valence-electron chi connectivity index (χ1n) is 6.85. The molecule has 7 heteroatoms. The van der Waals surface area contributed by atoms with Gasteiger partial charge in [-0.25, -0.2) is 4.79 Å². The lowest BCUT2D eigenvalue weighted by molar-refractivity contribution is 0.0650. The second-order valence-corrected chi connectivity index (χ2v) is 5.12.